The molecular weight excluding hydrogens is 326 g/mol. The Morgan fingerprint density at radius 1 is 1.23 bits per heavy atom. The Kier molecular flexibility index (Phi) is 5.26. The number of methoxy groups -OCH3 is 1. The number of anilines is 1. The van der Waals surface area contributed by atoms with E-state index in [0.29, 0.717) is 18.8 Å². The van der Waals surface area contributed by atoms with Crippen molar-refractivity contribution in [3.05, 3.63) is 53.3 Å². The topological polar surface area (TPSA) is 67.0 Å². The molecule has 0 aliphatic heterocycles. The molecule has 0 aliphatic carbocycles. The zero-order chi connectivity index (χ0) is 18.7. The summed E-state index contributed by atoms with van der Waals surface area (Å²) in [5.41, 5.74) is 4.92. The highest BCUT2D eigenvalue weighted by Crippen LogP contribution is 2.22. The van der Waals surface area contributed by atoms with Crippen LogP contribution in [0.1, 0.15) is 43.1 Å². The number of amides is 1. The van der Waals surface area contributed by atoms with E-state index >= 15 is 0 Å². The molecule has 0 radical (unpaired) electrons. The van der Waals surface area contributed by atoms with Crippen LogP contribution >= 0.6 is 0 Å². The largest absolute Gasteiger partial charge is 0.497 e. The highest BCUT2D eigenvalue weighted by Gasteiger charge is 2.09. The molecule has 0 bridgehead atoms. The van der Waals surface area contributed by atoms with Gasteiger partial charge in [-0.15, -0.1) is 0 Å². The summed E-state index contributed by atoms with van der Waals surface area (Å²) in [6.45, 7) is 6.19. The molecule has 26 heavy (non-hydrogen) atoms. The highest BCUT2D eigenvalue weighted by atomic mass is 16.5. The number of aromatic amines is 1. The van der Waals surface area contributed by atoms with E-state index < -0.39 is 0 Å². The average molecular weight is 351 g/mol. The van der Waals surface area contributed by atoms with Crippen molar-refractivity contribution in [3.8, 4) is 5.75 Å². The summed E-state index contributed by atoms with van der Waals surface area (Å²) in [6.07, 6.45) is 1.12. The van der Waals surface area contributed by atoms with Crippen molar-refractivity contribution in [2.45, 2.75) is 39.5 Å². The van der Waals surface area contributed by atoms with E-state index in [1.807, 2.05) is 37.3 Å². The fourth-order valence-electron chi connectivity index (χ4n) is 2.88. The Morgan fingerprint density at radius 3 is 2.73 bits per heavy atom. The van der Waals surface area contributed by atoms with Crippen molar-refractivity contribution in [3.63, 3.8) is 0 Å². The first-order chi connectivity index (χ1) is 12.5. The molecule has 1 aromatic heterocycles. The smallest absolute Gasteiger partial charge is 0.224 e. The predicted molar refractivity (Wildman–Crippen MR) is 105 cm³/mol. The first kappa shape index (κ1) is 18.0. The third kappa shape index (κ3) is 4.04. The molecule has 3 aromatic rings. The minimum atomic E-state index is 0.00541. The van der Waals surface area contributed by atoms with Crippen LogP contribution in [0.2, 0.25) is 0 Å². The second-order valence-corrected chi connectivity index (χ2v) is 6.86. The first-order valence-corrected chi connectivity index (χ1v) is 8.89. The Balaban J connectivity index is 1.63. The molecule has 0 saturated carbocycles. The van der Waals surface area contributed by atoms with Crippen molar-refractivity contribution in [2.75, 3.05) is 12.4 Å². The zero-order valence-corrected chi connectivity index (χ0v) is 15.7. The van der Waals surface area contributed by atoms with Gasteiger partial charge in [-0.3, -0.25) is 4.79 Å². The van der Waals surface area contributed by atoms with E-state index in [0.717, 1.165) is 39.4 Å². The van der Waals surface area contributed by atoms with Gasteiger partial charge in [-0.05, 0) is 54.8 Å². The number of H-pyrrole nitrogens is 1. The molecule has 0 spiro atoms. The monoisotopic (exact) mass is 351 g/mol. The van der Waals surface area contributed by atoms with Gasteiger partial charge in [-0.25, -0.2) is 4.98 Å². The predicted octanol–water partition coefficient (Wildman–Crippen LogP) is 4.57. The van der Waals surface area contributed by atoms with Gasteiger partial charge in [-0.1, -0.05) is 19.9 Å². The number of rotatable bonds is 6. The lowest BCUT2D eigenvalue weighted by molar-refractivity contribution is -0.116. The van der Waals surface area contributed by atoms with Gasteiger partial charge in [0.05, 0.1) is 18.1 Å². The van der Waals surface area contributed by atoms with Crippen molar-refractivity contribution in [2.24, 2.45) is 0 Å². The van der Waals surface area contributed by atoms with E-state index in [1.165, 1.54) is 0 Å². The number of ether oxygens (including phenoxy) is 1. The Bertz CT molecular complexity index is 928. The maximum Gasteiger partial charge on any atom is 0.224 e. The number of imidazole rings is 1. The van der Waals surface area contributed by atoms with Crippen LogP contribution in [0.15, 0.2) is 36.4 Å². The van der Waals surface area contributed by atoms with Crippen LogP contribution in [0.5, 0.6) is 5.75 Å². The second kappa shape index (κ2) is 7.60. The fourth-order valence-corrected chi connectivity index (χ4v) is 2.88. The minimum Gasteiger partial charge on any atom is -0.497 e. The highest BCUT2D eigenvalue weighted by molar-refractivity contribution is 5.91. The van der Waals surface area contributed by atoms with Crippen LogP contribution in [0.3, 0.4) is 0 Å². The molecule has 5 heteroatoms. The lowest BCUT2D eigenvalue weighted by Gasteiger charge is -2.10. The molecule has 0 aliphatic rings. The van der Waals surface area contributed by atoms with E-state index in [-0.39, 0.29) is 5.91 Å². The van der Waals surface area contributed by atoms with Gasteiger partial charge < -0.3 is 15.0 Å². The van der Waals surface area contributed by atoms with Crippen LogP contribution in [0, 0.1) is 6.92 Å². The maximum absolute atomic E-state index is 12.3. The Hall–Kier alpha value is -2.82. The third-order valence-corrected chi connectivity index (χ3v) is 4.46. The normalized spacial score (nSPS) is 11.1. The molecule has 136 valence electrons. The molecule has 2 aromatic carbocycles. The van der Waals surface area contributed by atoms with E-state index in [1.54, 1.807) is 7.11 Å². The lowest BCUT2D eigenvalue weighted by atomic mass is 10.1. The van der Waals surface area contributed by atoms with Gasteiger partial charge >= 0.3 is 0 Å². The minimum absolute atomic E-state index is 0.00541. The summed E-state index contributed by atoms with van der Waals surface area (Å²) < 4.78 is 5.19. The summed E-state index contributed by atoms with van der Waals surface area (Å²) in [5, 5.41) is 2.97. The number of carbonyl (C=O) groups excluding carboxylic acids is 1. The second-order valence-electron chi connectivity index (χ2n) is 6.86. The standard InChI is InChI=1S/C21H25N3O2/c1-13(2)21-23-18-8-5-15(12-19(18)24-21)6-10-20(25)22-17-9-7-16(26-4)11-14(17)3/h5,7-9,11-13H,6,10H2,1-4H3,(H,22,25)(H,23,24). The number of hydrogen-bond donors (Lipinski definition) is 2. The van der Waals surface area contributed by atoms with Gasteiger partial charge in [-0.2, -0.15) is 0 Å². The summed E-state index contributed by atoms with van der Waals surface area (Å²) >= 11 is 0. The van der Waals surface area contributed by atoms with Crippen LogP contribution in [0.25, 0.3) is 11.0 Å². The molecule has 2 N–H and O–H groups in total. The van der Waals surface area contributed by atoms with Gasteiger partial charge in [0.2, 0.25) is 5.91 Å². The molecule has 5 nitrogen and oxygen atoms in total. The van der Waals surface area contributed by atoms with E-state index in [9.17, 15) is 4.79 Å². The third-order valence-electron chi connectivity index (χ3n) is 4.46. The number of fused-ring (bicyclic) bond motifs is 1. The fraction of sp³-hybridized carbons (Fsp3) is 0.333. The van der Waals surface area contributed by atoms with Gasteiger partial charge in [0.1, 0.15) is 11.6 Å². The maximum atomic E-state index is 12.3. The van der Waals surface area contributed by atoms with E-state index in [4.69, 9.17) is 4.74 Å². The van der Waals surface area contributed by atoms with Crippen LogP contribution < -0.4 is 10.1 Å². The van der Waals surface area contributed by atoms with Gasteiger partial charge in [0.25, 0.3) is 0 Å². The summed E-state index contributed by atoms with van der Waals surface area (Å²) in [5.74, 6) is 2.15. The first-order valence-electron chi connectivity index (χ1n) is 8.89. The number of nitrogens with zero attached hydrogens (tertiary/aromatic N) is 1. The van der Waals surface area contributed by atoms with Gasteiger partial charge in [0, 0.05) is 18.0 Å². The zero-order valence-electron chi connectivity index (χ0n) is 15.7. The summed E-state index contributed by atoms with van der Waals surface area (Å²) in [4.78, 5) is 20.2. The molecular formula is C21H25N3O2. The molecule has 0 unspecified atom stereocenters. The number of benzene rings is 2. The van der Waals surface area contributed by atoms with E-state index in [2.05, 4.69) is 35.2 Å². The molecule has 1 amide bonds. The average Bonchev–Trinajstić information content (AvgIpc) is 3.05. The van der Waals surface area contributed by atoms with Crippen molar-refractivity contribution < 1.29 is 9.53 Å². The molecule has 3 rings (SSSR count). The quantitative estimate of drug-likeness (QED) is 0.683. The Morgan fingerprint density at radius 2 is 2.04 bits per heavy atom. The van der Waals surface area contributed by atoms with Gasteiger partial charge in [0.15, 0.2) is 0 Å². The number of carbonyl (C=O) groups is 1. The molecule has 0 fully saturated rings. The summed E-state index contributed by atoms with van der Waals surface area (Å²) in [7, 11) is 1.63. The van der Waals surface area contributed by atoms with Crippen LogP contribution in [0.4, 0.5) is 5.69 Å². The summed E-state index contributed by atoms with van der Waals surface area (Å²) in [6, 6.07) is 11.8. The Labute approximate surface area is 153 Å². The van der Waals surface area contributed by atoms with Crippen LogP contribution in [-0.2, 0) is 11.2 Å². The molecule has 0 saturated heterocycles. The molecule has 0 atom stereocenters. The van der Waals surface area contributed by atoms with Crippen molar-refractivity contribution in [1.82, 2.24) is 9.97 Å². The SMILES string of the molecule is COc1ccc(NC(=O)CCc2ccc3nc(C(C)C)[nH]c3c2)c(C)c1. The number of nitrogens with one attached hydrogen (secondary N) is 2. The van der Waals surface area contributed by atoms with Crippen molar-refractivity contribution >= 4 is 22.6 Å². The number of aryl methyl sites for hydroxylation is 2. The van der Waals surface area contributed by atoms with Crippen molar-refractivity contribution in [1.29, 1.82) is 0 Å². The van der Waals surface area contributed by atoms with Crippen LogP contribution in [-0.4, -0.2) is 23.0 Å². The lowest BCUT2D eigenvalue weighted by Crippen LogP contribution is -2.13. The molecule has 1 heterocycles. The number of hydrogen-bond acceptors (Lipinski definition) is 3. The number of aromatic nitrogens is 2.